The van der Waals surface area contributed by atoms with Crippen molar-refractivity contribution in [3.63, 3.8) is 0 Å². The van der Waals surface area contributed by atoms with E-state index in [-0.39, 0.29) is 12.4 Å². The lowest BCUT2D eigenvalue weighted by molar-refractivity contribution is 0.356. The maximum absolute atomic E-state index is 3.43. The smallest absolute Gasteiger partial charge is 0.0366 e. The van der Waals surface area contributed by atoms with Gasteiger partial charge in [0.2, 0.25) is 0 Å². The summed E-state index contributed by atoms with van der Waals surface area (Å²) in [4.78, 5) is 2.38. The number of nitrogens with zero attached hydrogens (tertiary/aromatic N) is 1. The van der Waals surface area contributed by atoms with Gasteiger partial charge in [0.25, 0.3) is 0 Å². The third-order valence-corrected chi connectivity index (χ3v) is 3.77. The van der Waals surface area contributed by atoms with Gasteiger partial charge >= 0.3 is 0 Å². The quantitative estimate of drug-likeness (QED) is 0.902. The van der Waals surface area contributed by atoms with E-state index in [0.29, 0.717) is 0 Å². The lowest BCUT2D eigenvalue weighted by atomic mass is 9.94. The van der Waals surface area contributed by atoms with Crippen molar-refractivity contribution < 1.29 is 0 Å². The molecule has 1 aliphatic heterocycles. The fourth-order valence-electron chi connectivity index (χ4n) is 2.54. The summed E-state index contributed by atoms with van der Waals surface area (Å²) in [5, 5.41) is 3.43. The van der Waals surface area contributed by atoms with Gasteiger partial charge in [0.1, 0.15) is 0 Å². The van der Waals surface area contributed by atoms with E-state index < -0.39 is 0 Å². The highest BCUT2D eigenvalue weighted by molar-refractivity contribution is 5.85. The zero-order valence-electron chi connectivity index (χ0n) is 11.5. The summed E-state index contributed by atoms with van der Waals surface area (Å²) in [6.07, 6.45) is 4.02. The van der Waals surface area contributed by atoms with E-state index in [1.807, 2.05) is 0 Å². The van der Waals surface area contributed by atoms with Crippen LogP contribution in [-0.2, 0) is 0 Å². The normalized spacial score (nSPS) is 16.1. The predicted molar refractivity (Wildman–Crippen MR) is 81.9 cm³/mol. The Bertz CT molecular complexity index is 348. The van der Waals surface area contributed by atoms with Crippen LogP contribution in [0.1, 0.15) is 24.8 Å². The van der Waals surface area contributed by atoms with E-state index >= 15 is 0 Å². The molecular formula is C15H25ClN2. The SMILES string of the molecule is Cc1cccc(N(C)CCC2CCNCC2)c1.Cl. The summed E-state index contributed by atoms with van der Waals surface area (Å²) < 4.78 is 0. The molecule has 0 unspecified atom stereocenters. The Kier molecular flexibility index (Phi) is 6.51. The van der Waals surface area contributed by atoms with Gasteiger partial charge in [-0.3, -0.25) is 0 Å². The minimum Gasteiger partial charge on any atom is -0.375 e. The average Bonchev–Trinajstić information content (AvgIpc) is 2.37. The van der Waals surface area contributed by atoms with E-state index in [2.05, 4.69) is 48.5 Å². The molecule has 0 bridgehead atoms. The lowest BCUT2D eigenvalue weighted by Crippen LogP contribution is -2.30. The summed E-state index contributed by atoms with van der Waals surface area (Å²) in [6, 6.07) is 8.77. The van der Waals surface area contributed by atoms with Crippen LogP contribution in [0, 0.1) is 12.8 Å². The van der Waals surface area contributed by atoms with Gasteiger partial charge in [-0.15, -0.1) is 12.4 Å². The molecule has 0 aliphatic carbocycles. The van der Waals surface area contributed by atoms with E-state index in [1.54, 1.807) is 0 Å². The standard InChI is InChI=1S/C15H24N2.ClH/c1-13-4-3-5-15(12-13)17(2)11-8-14-6-9-16-10-7-14;/h3-5,12,14,16H,6-11H2,1-2H3;1H. The van der Waals surface area contributed by atoms with Crippen molar-refractivity contribution in [3.8, 4) is 0 Å². The molecule has 0 spiro atoms. The third-order valence-electron chi connectivity index (χ3n) is 3.77. The number of piperidine rings is 1. The van der Waals surface area contributed by atoms with E-state index in [0.717, 1.165) is 5.92 Å². The maximum Gasteiger partial charge on any atom is 0.0366 e. The fourth-order valence-corrected chi connectivity index (χ4v) is 2.54. The number of rotatable bonds is 4. The van der Waals surface area contributed by atoms with Crippen LogP contribution in [0.2, 0.25) is 0 Å². The van der Waals surface area contributed by atoms with Crippen molar-refractivity contribution in [1.82, 2.24) is 5.32 Å². The number of halogens is 1. The van der Waals surface area contributed by atoms with E-state index in [9.17, 15) is 0 Å². The second-order valence-electron chi connectivity index (χ2n) is 5.24. The molecule has 0 atom stereocenters. The first-order chi connectivity index (χ1) is 8.25. The molecule has 102 valence electrons. The Hall–Kier alpha value is -0.730. The first kappa shape index (κ1) is 15.3. The molecule has 2 nitrogen and oxygen atoms in total. The predicted octanol–water partition coefficient (Wildman–Crippen LogP) is 3.24. The summed E-state index contributed by atoms with van der Waals surface area (Å²) in [6.45, 7) is 5.75. The summed E-state index contributed by atoms with van der Waals surface area (Å²) in [5.41, 5.74) is 2.69. The van der Waals surface area contributed by atoms with Crippen molar-refractivity contribution >= 4 is 18.1 Å². The van der Waals surface area contributed by atoms with Gasteiger partial charge in [0.05, 0.1) is 0 Å². The minimum absolute atomic E-state index is 0. The highest BCUT2D eigenvalue weighted by Crippen LogP contribution is 2.19. The maximum atomic E-state index is 3.43. The van der Waals surface area contributed by atoms with Gasteiger partial charge in [-0.1, -0.05) is 12.1 Å². The monoisotopic (exact) mass is 268 g/mol. The third kappa shape index (κ3) is 4.51. The molecule has 0 amide bonds. The van der Waals surface area contributed by atoms with Gasteiger partial charge < -0.3 is 10.2 Å². The Balaban J connectivity index is 0.00000162. The average molecular weight is 269 g/mol. The molecule has 3 heteroatoms. The van der Waals surface area contributed by atoms with Crippen molar-refractivity contribution in [2.24, 2.45) is 5.92 Å². The van der Waals surface area contributed by atoms with Crippen LogP contribution in [0.4, 0.5) is 5.69 Å². The topological polar surface area (TPSA) is 15.3 Å². The molecule has 1 N–H and O–H groups in total. The Morgan fingerprint density at radius 1 is 1.28 bits per heavy atom. The molecule has 18 heavy (non-hydrogen) atoms. The first-order valence-electron chi connectivity index (χ1n) is 6.74. The van der Waals surface area contributed by atoms with Crippen LogP contribution in [0.3, 0.4) is 0 Å². The van der Waals surface area contributed by atoms with Gasteiger partial charge in [-0.25, -0.2) is 0 Å². The Morgan fingerprint density at radius 3 is 2.67 bits per heavy atom. The van der Waals surface area contributed by atoms with Gasteiger partial charge in [0.15, 0.2) is 0 Å². The molecule has 1 fully saturated rings. The van der Waals surface area contributed by atoms with Crippen LogP contribution >= 0.6 is 12.4 Å². The minimum atomic E-state index is 0. The zero-order valence-corrected chi connectivity index (χ0v) is 12.3. The second kappa shape index (κ2) is 7.65. The molecular weight excluding hydrogens is 244 g/mol. The molecule has 0 aromatic heterocycles. The molecule has 1 heterocycles. The number of aryl methyl sites for hydroxylation is 1. The first-order valence-corrected chi connectivity index (χ1v) is 6.74. The number of anilines is 1. The Morgan fingerprint density at radius 2 is 2.00 bits per heavy atom. The van der Waals surface area contributed by atoms with Crippen LogP contribution < -0.4 is 10.2 Å². The van der Waals surface area contributed by atoms with Crippen molar-refractivity contribution in [3.05, 3.63) is 29.8 Å². The zero-order chi connectivity index (χ0) is 12.1. The summed E-state index contributed by atoms with van der Waals surface area (Å²) in [7, 11) is 2.20. The molecule has 0 radical (unpaired) electrons. The largest absolute Gasteiger partial charge is 0.375 e. The van der Waals surface area contributed by atoms with Crippen molar-refractivity contribution in [1.29, 1.82) is 0 Å². The molecule has 1 saturated heterocycles. The molecule has 0 saturated carbocycles. The number of nitrogens with one attached hydrogen (secondary N) is 1. The molecule has 2 rings (SSSR count). The molecule has 1 aromatic rings. The van der Waals surface area contributed by atoms with Gasteiger partial charge in [-0.2, -0.15) is 0 Å². The molecule has 1 aromatic carbocycles. The van der Waals surface area contributed by atoms with Crippen LogP contribution in [0.5, 0.6) is 0 Å². The number of hydrogen-bond donors (Lipinski definition) is 1. The van der Waals surface area contributed by atoms with E-state index in [4.69, 9.17) is 0 Å². The second-order valence-corrected chi connectivity index (χ2v) is 5.24. The lowest BCUT2D eigenvalue weighted by Gasteiger charge is -2.26. The highest BCUT2D eigenvalue weighted by Gasteiger charge is 2.13. The Labute approximate surface area is 117 Å². The number of benzene rings is 1. The van der Waals surface area contributed by atoms with Gasteiger partial charge in [-0.05, 0) is 62.9 Å². The molecule has 1 aliphatic rings. The van der Waals surface area contributed by atoms with Crippen molar-refractivity contribution in [2.45, 2.75) is 26.2 Å². The number of hydrogen-bond acceptors (Lipinski definition) is 2. The van der Waals surface area contributed by atoms with E-state index in [1.165, 1.54) is 50.1 Å². The summed E-state index contributed by atoms with van der Waals surface area (Å²) in [5.74, 6) is 0.920. The van der Waals surface area contributed by atoms with Crippen molar-refractivity contribution in [2.75, 3.05) is 31.6 Å². The van der Waals surface area contributed by atoms with Crippen LogP contribution in [-0.4, -0.2) is 26.7 Å². The van der Waals surface area contributed by atoms with Crippen LogP contribution in [0.25, 0.3) is 0 Å². The summed E-state index contributed by atoms with van der Waals surface area (Å²) >= 11 is 0. The van der Waals surface area contributed by atoms with Crippen LogP contribution in [0.15, 0.2) is 24.3 Å². The van der Waals surface area contributed by atoms with Gasteiger partial charge in [0, 0.05) is 19.3 Å². The fraction of sp³-hybridized carbons (Fsp3) is 0.600. The highest BCUT2D eigenvalue weighted by atomic mass is 35.5.